The van der Waals surface area contributed by atoms with Crippen LogP contribution in [0.5, 0.6) is 11.5 Å². The van der Waals surface area contributed by atoms with Crippen LogP contribution in [0.4, 0.5) is 0 Å². The van der Waals surface area contributed by atoms with Crippen molar-refractivity contribution in [1.82, 2.24) is 4.90 Å². The number of carbonyl (C=O) groups excluding carboxylic acids is 2. The SMILES string of the molecule is CCCN1C(=O)C(=O)/C(=C(/O)c2cc(C(C)C)c(OC)cc2C)C1c1cccc(OC(C)C)c1. The lowest BCUT2D eigenvalue weighted by molar-refractivity contribution is -0.139. The first-order valence-electron chi connectivity index (χ1n) is 11.8. The molecular formula is C28H35NO5. The number of hydrogen-bond acceptors (Lipinski definition) is 5. The van der Waals surface area contributed by atoms with Gasteiger partial charge in [0.25, 0.3) is 11.7 Å². The monoisotopic (exact) mass is 465 g/mol. The minimum atomic E-state index is -0.695. The number of rotatable bonds is 8. The second-order valence-electron chi connectivity index (χ2n) is 9.30. The van der Waals surface area contributed by atoms with Gasteiger partial charge in [0.15, 0.2) is 0 Å². The van der Waals surface area contributed by atoms with Crippen LogP contribution in [0.3, 0.4) is 0 Å². The van der Waals surface area contributed by atoms with Crippen molar-refractivity contribution in [3.63, 3.8) is 0 Å². The van der Waals surface area contributed by atoms with Gasteiger partial charge in [0.05, 0.1) is 24.8 Å². The van der Waals surface area contributed by atoms with Crippen LogP contribution in [-0.4, -0.2) is 41.5 Å². The Morgan fingerprint density at radius 3 is 2.41 bits per heavy atom. The molecule has 2 aromatic rings. The van der Waals surface area contributed by atoms with E-state index in [9.17, 15) is 14.7 Å². The number of likely N-dealkylation sites (tertiary alicyclic amines) is 1. The Bertz CT molecular complexity index is 1120. The summed E-state index contributed by atoms with van der Waals surface area (Å²) in [5.41, 5.74) is 3.03. The molecule has 1 saturated heterocycles. The first-order valence-corrected chi connectivity index (χ1v) is 11.8. The third-order valence-corrected chi connectivity index (χ3v) is 6.00. The number of aliphatic hydroxyl groups excluding tert-OH is 1. The fourth-order valence-electron chi connectivity index (χ4n) is 4.45. The van der Waals surface area contributed by atoms with Gasteiger partial charge in [0.2, 0.25) is 0 Å². The molecule has 1 atom stereocenters. The molecule has 34 heavy (non-hydrogen) atoms. The van der Waals surface area contributed by atoms with E-state index >= 15 is 0 Å². The molecule has 1 unspecified atom stereocenters. The van der Waals surface area contributed by atoms with Crippen molar-refractivity contribution in [2.24, 2.45) is 0 Å². The molecule has 1 heterocycles. The van der Waals surface area contributed by atoms with Crippen LogP contribution >= 0.6 is 0 Å². The van der Waals surface area contributed by atoms with Crippen LogP contribution in [-0.2, 0) is 9.59 Å². The predicted molar refractivity (Wildman–Crippen MR) is 133 cm³/mol. The lowest BCUT2D eigenvalue weighted by atomic mass is 9.91. The topological polar surface area (TPSA) is 76.1 Å². The molecular weight excluding hydrogens is 430 g/mol. The number of nitrogens with zero attached hydrogens (tertiary/aromatic N) is 1. The number of carbonyl (C=O) groups is 2. The molecule has 1 aliphatic heterocycles. The van der Waals surface area contributed by atoms with Crippen molar-refractivity contribution >= 4 is 17.4 Å². The summed E-state index contributed by atoms with van der Waals surface area (Å²) in [4.78, 5) is 27.8. The minimum absolute atomic E-state index is 0.0198. The molecule has 0 bridgehead atoms. The summed E-state index contributed by atoms with van der Waals surface area (Å²) in [6.07, 6.45) is 0.666. The van der Waals surface area contributed by atoms with Crippen LogP contribution in [0.15, 0.2) is 42.0 Å². The summed E-state index contributed by atoms with van der Waals surface area (Å²) in [5.74, 6) is 0.0820. The molecule has 1 fully saturated rings. The lowest BCUT2D eigenvalue weighted by Gasteiger charge is -2.25. The molecule has 0 spiro atoms. The van der Waals surface area contributed by atoms with Gasteiger partial charge in [-0.05, 0) is 74.1 Å². The fraction of sp³-hybridized carbons (Fsp3) is 0.429. The maximum Gasteiger partial charge on any atom is 0.295 e. The zero-order valence-corrected chi connectivity index (χ0v) is 21.1. The Balaban J connectivity index is 2.24. The van der Waals surface area contributed by atoms with Crippen LogP contribution in [0.2, 0.25) is 0 Å². The Morgan fingerprint density at radius 2 is 1.82 bits per heavy atom. The summed E-state index contributed by atoms with van der Waals surface area (Å²) in [5, 5.41) is 11.5. The van der Waals surface area contributed by atoms with Crippen LogP contribution < -0.4 is 9.47 Å². The Hall–Kier alpha value is -3.28. The Labute approximate surface area is 202 Å². The van der Waals surface area contributed by atoms with Crippen molar-refractivity contribution in [1.29, 1.82) is 0 Å². The quantitative estimate of drug-likeness (QED) is 0.305. The van der Waals surface area contributed by atoms with Crippen molar-refractivity contribution in [2.75, 3.05) is 13.7 Å². The molecule has 1 amide bonds. The second-order valence-corrected chi connectivity index (χ2v) is 9.30. The number of Topliss-reactive ketones (excluding diaryl/α,β-unsaturated/α-hetero) is 1. The van der Waals surface area contributed by atoms with E-state index in [1.165, 1.54) is 0 Å². The maximum absolute atomic E-state index is 13.2. The first-order chi connectivity index (χ1) is 16.1. The van der Waals surface area contributed by atoms with E-state index in [4.69, 9.17) is 9.47 Å². The van der Waals surface area contributed by atoms with E-state index in [2.05, 4.69) is 0 Å². The number of benzene rings is 2. The molecule has 3 rings (SSSR count). The molecule has 0 aromatic heterocycles. The van der Waals surface area contributed by atoms with Gasteiger partial charge in [-0.15, -0.1) is 0 Å². The molecule has 0 aliphatic carbocycles. The summed E-state index contributed by atoms with van der Waals surface area (Å²) < 4.78 is 11.4. The van der Waals surface area contributed by atoms with Gasteiger partial charge < -0.3 is 19.5 Å². The second kappa shape index (κ2) is 10.3. The van der Waals surface area contributed by atoms with Gasteiger partial charge in [-0.2, -0.15) is 0 Å². The average molecular weight is 466 g/mol. The number of methoxy groups -OCH3 is 1. The van der Waals surface area contributed by atoms with Gasteiger partial charge in [-0.1, -0.05) is 32.9 Å². The highest BCUT2D eigenvalue weighted by molar-refractivity contribution is 6.46. The Morgan fingerprint density at radius 1 is 1.12 bits per heavy atom. The van der Waals surface area contributed by atoms with E-state index in [0.29, 0.717) is 24.3 Å². The van der Waals surface area contributed by atoms with E-state index in [-0.39, 0.29) is 23.4 Å². The van der Waals surface area contributed by atoms with Crippen molar-refractivity contribution in [2.45, 2.75) is 66.0 Å². The molecule has 6 nitrogen and oxygen atoms in total. The van der Waals surface area contributed by atoms with E-state index in [1.54, 1.807) is 12.0 Å². The van der Waals surface area contributed by atoms with Gasteiger partial charge in [-0.3, -0.25) is 9.59 Å². The number of aliphatic hydroxyl groups is 1. The zero-order valence-electron chi connectivity index (χ0n) is 21.1. The van der Waals surface area contributed by atoms with E-state index in [0.717, 1.165) is 22.4 Å². The van der Waals surface area contributed by atoms with E-state index in [1.807, 2.05) is 77.9 Å². The molecule has 0 saturated carbocycles. The maximum atomic E-state index is 13.2. The minimum Gasteiger partial charge on any atom is -0.507 e. The van der Waals surface area contributed by atoms with Gasteiger partial charge >= 0.3 is 0 Å². The molecule has 2 aromatic carbocycles. The number of ketones is 1. The standard InChI is InChI=1S/C28H35NO5/c1-8-12-29-25(19-10-9-11-20(14-19)34-17(4)5)24(27(31)28(29)32)26(30)22-15-21(16(2)3)23(33-7)13-18(22)6/h9-11,13-17,25,30H,8,12H2,1-7H3/b26-24+. The summed E-state index contributed by atoms with van der Waals surface area (Å²) in [7, 11) is 1.61. The molecule has 182 valence electrons. The van der Waals surface area contributed by atoms with Gasteiger partial charge in [-0.25, -0.2) is 0 Å². The van der Waals surface area contributed by atoms with Crippen molar-refractivity contribution < 1.29 is 24.2 Å². The third-order valence-electron chi connectivity index (χ3n) is 6.00. The fourth-order valence-corrected chi connectivity index (χ4v) is 4.45. The summed E-state index contributed by atoms with van der Waals surface area (Å²) >= 11 is 0. The highest BCUT2D eigenvalue weighted by Crippen LogP contribution is 2.42. The van der Waals surface area contributed by atoms with Crippen molar-refractivity contribution in [3.05, 3.63) is 64.2 Å². The van der Waals surface area contributed by atoms with Crippen molar-refractivity contribution in [3.8, 4) is 11.5 Å². The zero-order chi connectivity index (χ0) is 25.2. The summed E-state index contributed by atoms with van der Waals surface area (Å²) in [6.45, 7) is 12.2. The summed E-state index contributed by atoms with van der Waals surface area (Å²) in [6, 6.07) is 10.4. The lowest BCUT2D eigenvalue weighted by Crippen LogP contribution is -2.30. The van der Waals surface area contributed by atoms with Crippen LogP contribution in [0.25, 0.3) is 5.76 Å². The van der Waals surface area contributed by atoms with Gasteiger partial charge in [0, 0.05) is 12.1 Å². The van der Waals surface area contributed by atoms with Crippen LogP contribution in [0.1, 0.15) is 75.3 Å². The number of amides is 1. The van der Waals surface area contributed by atoms with E-state index < -0.39 is 17.7 Å². The third kappa shape index (κ3) is 4.81. The number of ether oxygens (including phenoxy) is 2. The smallest absolute Gasteiger partial charge is 0.295 e. The Kier molecular flexibility index (Phi) is 7.70. The number of hydrogen-bond donors (Lipinski definition) is 1. The van der Waals surface area contributed by atoms with Crippen LogP contribution in [0, 0.1) is 6.92 Å². The number of aryl methyl sites for hydroxylation is 1. The molecule has 1 N–H and O–H groups in total. The average Bonchev–Trinajstić information content (AvgIpc) is 3.03. The molecule has 6 heteroatoms. The van der Waals surface area contributed by atoms with Gasteiger partial charge in [0.1, 0.15) is 17.3 Å². The normalized spacial score (nSPS) is 17.7. The molecule has 1 aliphatic rings. The first kappa shape index (κ1) is 25.3. The molecule has 0 radical (unpaired) electrons. The largest absolute Gasteiger partial charge is 0.507 e. The predicted octanol–water partition coefficient (Wildman–Crippen LogP) is 5.75. The highest BCUT2D eigenvalue weighted by atomic mass is 16.5. The highest BCUT2D eigenvalue weighted by Gasteiger charge is 2.46.